The highest BCUT2D eigenvalue weighted by molar-refractivity contribution is 5.56. The first-order chi connectivity index (χ1) is 8.29. The quantitative estimate of drug-likeness (QED) is 0.763. The van der Waals surface area contributed by atoms with E-state index in [2.05, 4.69) is 35.5 Å². The summed E-state index contributed by atoms with van der Waals surface area (Å²) in [5.74, 6) is 0. The molecule has 1 aliphatic heterocycles. The fourth-order valence-corrected chi connectivity index (χ4v) is 2.33. The average molecular weight is 234 g/mol. The normalized spacial score (nSPS) is 13.8. The van der Waals surface area contributed by atoms with Crippen LogP contribution < -0.4 is 5.32 Å². The second-order valence-corrected chi connectivity index (χ2v) is 4.75. The maximum absolute atomic E-state index is 5.07. The van der Waals surface area contributed by atoms with Gasteiger partial charge in [-0.2, -0.15) is 0 Å². The van der Waals surface area contributed by atoms with Crippen molar-refractivity contribution in [3.63, 3.8) is 0 Å². The van der Waals surface area contributed by atoms with Gasteiger partial charge in [0.05, 0.1) is 0 Å². The third-order valence-electron chi connectivity index (χ3n) is 3.22. The molecule has 3 nitrogen and oxygen atoms in total. The number of methoxy groups -OCH3 is 1. The van der Waals surface area contributed by atoms with Crippen molar-refractivity contribution in [1.29, 1.82) is 0 Å². The van der Waals surface area contributed by atoms with E-state index in [1.807, 2.05) is 0 Å². The summed E-state index contributed by atoms with van der Waals surface area (Å²) >= 11 is 0. The Hall–Kier alpha value is -1.06. The van der Waals surface area contributed by atoms with Gasteiger partial charge in [-0.1, -0.05) is 12.1 Å². The molecule has 0 spiro atoms. The molecule has 0 atom stereocenters. The lowest BCUT2D eigenvalue weighted by atomic mass is 10.1. The van der Waals surface area contributed by atoms with Crippen LogP contribution in [0.15, 0.2) is 18.2 Å². The molecule has 2 rings (SSSR count). The number of ether oxygens (including phenoxy) is 1. The largest absolute Gasteiger partial charge is 0.385 e. The van der Waals surface area contributed by atoms with E-state index in [4.69, 9.17) is 4.74 Å². The van der Waals surface area contributed by atoms with Gasteiger partial charge < -0.3 is 15.0 Å². The van der Waals surface area contributed by atoms with E-state index in [0.717, 1.165) is 39.1 Å². The molecule has 17 heavy (non-hydrogen) atoms. The Morgan fingerprint density at radius 2 is 2.29 bits per heavy atom. The first-order valence-corrected chi connectivity index (χ1v) is 6.33. The zero-order valence-corrected chi connectivity index (χ0v) is 10.8. The van der Waals surface area contributed by atoms with Crippen molar-refractivity contribution < 1.29 is 4.74 Å². The topological polar surface area (TPSA) is 24.5 Å². The molecule has 1 N–H and O–H groups in total. The molecule has 94 valence electrons. The lowest BCUT2D eigenvalue weighted by Gasteiger charge is -2.16. The number of fused-ring (bicyclic) bond motifs is 1. The molecule has 0 aromatic heterocycles. The van der Waals surface area contributed by atoms with Gasteiger partial charge in [0.25, 0.3) is 0 Å². The fraction of sp³-hybridized carbons (Fsp3) is 0.571. The molecular weight excluding hydrogens is 212 g/mol. The minimum absolute atomic E-state index is 0.846. The Kier molecular flexibility index (Phi) is 4.40. The second-order valence-electron chi connectivity index (χ2n) is 4.75. The Bertz CT molecular complexity index is 365. The van der Waals surface area contributed by atoms with Gasteiger partial charge in [-0.3, -0.25) is 0 Å². The minimum atomic E-state index is 0.846. The third-order valence-corrected chi connectivity index (χ3v) is 3.22. The molecule has 0 fully saturated rings. The third kappa shape index (κ3) is 3.45. The zero-order valence-electron chi connectivity index (χ0n) is 10.8. The number of nitrogens with one attached hydrogen (secondary N) is 1. The molecule has 0 radical (unpaired) electrons. The Morgan fingerprint density at radius 3 is 3.12 bits per heavy atom. The smallest absolute Gasteiger partial charge is 0.0474 e. The van der Waals surface area contributed by atoms with Crippen LogP contribution in [0.1, 0.15) is 17.5 Å². The zero-order chi connectivity index (χ0) is 12.1. The highest BCUT2D eigenvalue weighted by Crippen LogP contribution is 2.23. The summed E-state index contributed by atoms with van der Waals surface area (Å²) in [6, 6.07) is 6.77. The van der Waals surface area contributed by atoms with Crippen LogP contribution in [-0.2, 0) is 17.7 Å². The first kappa shape index (κ1) is 12.4. The lowest BCUT2D eigenvalue weighted by Crippen LogP contribution is -2.20. The van der Waals surface area contributed by atoms with E-state index in [-0.39, 0.29) is 0 Å². The van der Waals surface area contributed by atoms with Gasteiger partial charge in [0.15, 0.2) is 0 Å². The maximum Gasteiger partial charge on any atom is 0.0474 e. The van der Waals surface area contributed by atoms with Gasteiger partial charge in [0, 0.05) is 39.0 Å². The van der Waals surface area contributed by atoms with Gasteiger partial charge in [-0.15, -0.1) is 0 Å². The predicted molar refractivity (Wildman–Crippen MR) is 71.5 cm³/mol. The number of anilines is 1. The fourth-order valence-electron chi connectivity index (χ4n) is 2.33. The molecule has 1 aromatic rings. The summed E-state index contributed by atoms with van der Waals surface area (Å²) in [5.41, 5.74) is 4.19. The van der Waals surface area contributed by atoms with E-state index in [1.54, 1.807) is 7.11 Å². The summed E-state index contributed by atoms with van der Waals surface area (Å²) in [6.07, 6.45) is 2.26. The van der Waals surface area contributed by atoms with Crippen molar-refractivity contribution >= 4 is 5.69 Å². The molecule has 0 saturated heterocycles. The molecule has 0 aliphatic carbocycles. The van der Waals surface area contributed by atoms with E-state index in [9.17, 15) is 0 Å². The van der Waals surface area contributed by atoms with Crippen LogP contribution in [0.4, 0.5) is 5.69 Å². The van der Waals surface area contributed by atoms with Gasteiger partial charge >= 0.3 is 0 Å². The SMILES string of the molecule is COCCCN(C)Cc1ccc2c(c1)CCN2. The van der Waals surface area contributed by atoms with Crippen LogP contribution >= 0.6 is 0 Å². The van der Waals surface area contributed by atoms with Crippen LogP contribution in [0.2, 0.25) is 0 Å². The van der Waals surface area contributed by atoms with Crippen molar-refractivity contribution in [2.24, 2.45) is 0 Å². The summed E-state index contributed by atoms with van der Waals surface area (Å²) in [4.78, 5) is 2.35. The van der Waals surface area contributed by atoms with Crippen LogP contribution in [-0.4, -0.2) is 38.8 Å². The average Bonchev–Trinajstić information content (AvgIpc) is 2.76. The highest BCUT2D eigenvalue weighted by atomic mass is 16.5. The molecular formula is C14H22N2O. The van der Waals surface area contributed by atoms with Gasteiger partial charge in [-0.25, -0.2) is 0 Å². The van der Waals surface area contributed by atoms with Crippen LogP contribution in [0, 0.1) is 0 Å². The highest BCUT2D eigenvalue weighted by Gasteiger charge is 2.10. The van der Waals surface area contributed by atoms with Crippen molar-refractivity contribution in [3.8, 4) is 0 Å². The first-order valence-electron chi connectivity index (χ1n) is 6.33. The van der Waals surface area contributed by atoms with Crippen molar-refractivity contribution in [2.75, 3.05) is 39.2 Å². The standard InChI is InChI=1S/C14H22N2O/c1-16(8-3-9-17-2)11-12-4-5-14-13(10-12)6-7-15-14/h4-5,10,15H,3,6-9,11H2,1-2H3. The van der Waals surface area contributed by atoms with E-state index in [0.29, 0.717) is 0 Å². The number of rotatable bonds is 6. The van der Waals surface area contributed by atoms with Gasteiger partial charge in [0.1, 0.15) is 0 Å². The molecule has 1 heterocycles. The number of hydrogen-bond donors (Lipinski definition) is 1. The summed E-state index contributed by atoms with van der Waals surface area (Å²) < 4.78 is 5.07. The number of benzene rings is 1. The molecule has 1 aliphatic rings. The second kappa shape index (κ2) is 6.03. The van der Waals surface area contributed by atoms with Crippen LogP contribution in [0.3, 0.4) is 0 Å². The Balaban J connectivity index is 1.86. The van der Waals surface area contributed by atoms with Crippen LogP contribution in [0.25, 0.3) is 0 Å². The van der Waals surface area contributed by atoms with Crippen molar-refractivity contribution in [3.05, 3.63) is 29.3 Å². The van der Waals surface area contributed by atoms with Gasteiger partial charge in [-0.05, 0) is 37.1 Å². The molecule has 0 bridgehead atoms. The number of hydrogen-bond acceptors (Lipinski definition) is 3. The van der Waals surface area contributed by atoms with E-state index < -0.39 is 0 Å². The predicted octanol–water partition coefficient (Wildman–Crippen LogP) is 2.12. The lowest BCUT2D eigenvalue weighted by molar-refractivity contribution is 0.178. The maximum atomic E-state index is 5.07. The molecule has 3 heteroatoms. The van der Waals surface area contributed by atoms with Gasteiger partial charge in [0.2, 0.25) is 0 Å². The number of nitrogens with zero attached hydrogens (tertiary/aromatic N) is 1. The molecule has 0 saturated carbocycles. The summed E-state index contributed by atoms with van der Waals surface area (Å²) in [7, 11) is 3.93. The van der Waals surface area contributed by atoms with Crippen molar-refractivity contribution in [2.45, 2.75) is 19.4 Å². The monoisotopic (exact) mass is 234 g/mol. The Morgan fingerprint density at radius 1 is 1.41 bits per heavy atom. The van der Waals surface area contributed by atoms with Crippen LogP contribution in [0.5, 0.6) is 0 Å². The van der Waals surface area contributed by atoms with E-state index in [1.165, 1.54) is 16.8 Å². The molecule has 0 amide bonds. The summed E-state index contributed by atoms with van der Waals surface area (Å²) in [5, 5.41) is 3.39. The Labute approximate surface area is 104 Å². The van der Waals surface area contributed by atoms with E-state index >= 15 is 0 Å². The van der Waals surface area contributed by atoms with Crippen molar-refractivity contribution in [1.82, 2.24) is 4.90 Å². The minimum Gasteiger partial charge on any atom is -0.385 e. The molecule has 1 aromatic carbocycles. The molecule has 0 unspecified atom stereocenters. The summed E-state index contributed by atoms with van der Waals surface area (Å²) in [6.45, 7) is 4.04.